The maximum atomic E-state index is 9.95. The minimum absolute atomic E-state index is 0.200. The molecule has 2 unspecified atom stereocenters. The van der Waals surface area contributed by atoms with Gasteiger partial charge < -0.3 is 5.11 Å². The van der Waals surface area contributed by atoms with Gasteiger partial charge in [-0.15, -0.1) is 5.10 Å². The monoisotopic (exact) mass is 193 g/mol. The SMILES string of the molecule is Cn1cc(CC(O)C2CC23CC3)nn1. The van der Waals surface area contributed by atoms with Gasteiger partial charge in [-0.05, 0) is 30.6 Å². The molecule has 0 amide bonds. The average molecular weight is 193 g/mol. The summed E-state index contributed by atoms with van der Waals surface area (Å²) in [6, 6.07) is 0. The van der Waals surface area contributed by atoms with Crippen molar-refractivity contribution in [3.63, 3.8) is 0 Å². The van der Waals surface area contributed by atoms with Crippen molar-refractivity contribution in [2.45, 2.75) is 31.8 Å². The Hall–Kier alpha value is -0.900. The normalized spacial score (nSPS) is 29.1. The van der Waals surface area contributed by atoms with Gasteiger partial charge in [-0.3, -0.25) is 4.68 Å². The fraction of sp³-hybridized carbons (Fsp3) is 0.800. The van der Waals surface area contributed by atoms with Crippen LogP contribution < -0.4 is 0 Å². The van der Waals surface area contributed by atoms with Crippen LogP contribution in [0.25, 0.3) is 0 Å². The second-order valence-electron chi connectivity index (χ2n) is 4.83. The van der Waals surface area contributed by atoms with Crippen LogP contribution in [-0.2, 0) is 13.5 Å². The van der Waals surface area contributed by atoms with Crippen molar-refractivity contribution >= 4 is 0 Å². The highest BCUT2D eigenvalue weighted by Gasteiger charge is 2.64. The minimum atomic E-state index is -0.200. The Morgan fingerprint density at radius 2 is 2.50 bits per heavy atom. The summed E-state index contributed by atoms with van der Waals surface area (Å²) in [7, 11) is 1.85. The lowest BCUT2D eigenvalue weighted by atomic mass is 10.1. The topological polar surface area (TPSA) is 50.9 Å². The van der Waals surface area contributed by atoms with Crippen LogP contribution in [-0.4, -0.2) is 26.2 Å². The molecule has 0 saturated heterocycles. The fourth-order valence-electron chi connectivity index (χ4n) is 2.50. The van der Waals surface area contributed by atoms with Gasteiger partial charge in [0.15, 0.2) is 0 Å². The molecule has 1 spiro atoms. The first-order valence-electron chi connectivity index (χ1n) is 5.23. The van der Waals surface area contributed by atoms with E-state index in [1.807, 2.05) is 13.2 Å². The van der Waals surface area contributed by atoms with Crippen LogP contribution in [0.3, 0.4) is 0 Å². The molecular weight excluding hydrogens is 178 g/mol. The molecule has 76 valence electrons. The van der Waals surface area contributed by atoms with Crippen molar-refractivity contribution in [3.05, 3.63) is 11.9 Å². The molecule has 1 heterocycles. The van der Waals surface area contributed by atoms with E-state index in [-0.39, 0.29) is 6.10 Å². The van der Waals surface area contributed by atoms with Crippen molar-refractivity contribution in [2.75, 3.05) is 0 Å². The molecule has 2 aliphatic rings. The van der Waals surface area contributed by atoms with Gasteiger partial charge in [0.25, 0.3) is 0 Å². The fourth-order valence-corrected chi connectivity index (χ4v) is 2.50. The number of aliphatic hydroxyl groups is 1. The van der Waals surface area contributed by atoms with Gasteiger partial charge >= 0.3 is 0 Å². The van der Waals surface area contributed by atoms with Crippen LogP contribution in [0.15, 0.2) is 6.20 Å². The third-order valence-electron chi connectivity index (χ3n) is 3.68. The highest BCUT2D eigenvalue weighted by atomic mass is 16.3. The van der Waals surface area contributed by atoms with Gasteiger partial charge in [0, 0.05) is 19.7 Å². The summed E-state index contributed by atoms with van der Waals surface area (Å²) in [6.07, 6.45) is 6.23. The lowest BCUT2D eigenvalue weighted by Gasteiger charge is -2.06. The first-order chi connectivity index (χ1) is 6.70. The van der Waals surface area contributed by atoms with Crippen molar-refractivity contribution in [3.8, 4) is 0 Å². The van der Waals surface area contributed by atoms with Crippen LogP contribution >= 0.6 is 0 Å². The average Bonchev–Trinajstić information content (AvgIpc) is 3.03. The summed E-state index contributed by atoms with van der Waals surface area (Å²) >= 11 is 0. The Morgan fingerprint density at radius 1 is 1.71 bits per heavy atom. The molecule has 14 heavy (non-hydrogen) atoms. The van der Waals surface area contributed by atoms with Crippen LogP contribution in [0.2, 0.25) is 0 Å². The molecule has 0 aliphatic heterocycles. The predicted octanol–water partition coefficient (Wildman–Crippen LogP) is 0.519. The molecule has 1 aromatic heterocycles. The Morgan fingerprint density at radius 3 is 3.00 bits per heavy atom. The van der Waals surface area contributed by atoms with E-state index in [2.05, 4.69) is 10.3 Å². The van der Waals surface area contributed by atoms with E-state index in [1.54, 1.807) is 4.68 Å². The maximum Gasteiger partial charge on any atom is 0.0852 e. The van der Waals surface area contributed by atoms with Crippen molar-refractivity contribution in [1.29, 1.82) is 0 Å². The minimum Gasteiger partial charge on any atom is -0.392 e. The van der Waals surface area contributed by atoms with Gasteiger partial charge in [-0.1, -0.05) is 5.21 Å². The summed E-state index contributed by atoms with van der Waals surface area (Å²) in [5, 5.41) is 17.8. The summed E-state index contributed by atoms with van der Waals surface area (Å²) in [5.41, 5.74) is 1.48. The number of hydrogen-bond acceptors (Lipinski definition) is 3. The third kappa shape index (κ3) is 1.25. The molecular formula is C10H15N3O. The Labute approximate surface area is 82.9 Å². The summed E-state index contributed by atoms with van der Waals surface area (Å²) in [6.45, 7) is 0. The van der Waals surface area contributed by atoms with Crippen LogP contribution in [0.4, 0.5) is 0 Å². The van der Waals surface area contributed by atoms with Gasteiger partial charge in [0.1, 0.15) is 0 Å². The Kier molecular flexibility index (Phi) is 1.54. The zero-order valence-corrected chi connectivity index (χ0v) is 8.35. The molecule has 4 nitrogen and oxygen atoms in total. The smallest absolute Gasteiger partial charge is 0.0852 e. The van der Waals surface area contributed by atoms with E-state index in [4.69, 9.17) is 0 Å². The molecule has 0 bridgehead atoms. The predicted molar refractivity (Wildman–Crippen MR) is 50.5 cm³/mol. The number of rotatable bonds is 3. The summed E-state index contributed by atoms with van der Waals surface area (Å²) < 4.78 is 1.68. The zero-order valence-electron chi connectivity index (χ0n) is 8.35. The van der Waals surface area contributed by atoms with Crippen molar-refractivity contribution in [2.24, 2.45) is 18.4 Å². The molecule has 4 heteroatoms. The molecule has 2 aliphatic carbocycles. The van der Waals surface area contributed by atoms with E-state index in [9.17, 15) is 5.11 Å². The Bertz CT molecular complexity index is 356. The first kappa shape index (κ1) is 8.41. The second-order valence-corrected chi connectivity index (χ2v) is 4.83. The van der Waals surface area contributed by atoms with Gasteiger partial charge in [0.2, 0.25) is 0 Å². The quantitative estimate of drug-likeness (QED) is 0.761. The number of aryl methyl sites for hydroxylation is 1. The largest absolute Gasteiger partial charge is 0.392 e. The molecule has 2 saturated carbocycles. The van der Waals surface area contributed by atoms with Gasteiger partial charge in [-0.25, -0.2) is 0 Å². The molecule has 0 aromatic carbocycles. The highest BCUT2D eigenvalue weighted by molar-refractivity contribution is 5.15. The second kappa shape index (κ2) is 2.57. The number of hydrogen-bond donors (Lipinski definition) is 1. The first-order valence-corrected chi connectivity index (χ1v) is 5.23. The van der Waals surface area contributed by atoms with Crippen molar-refractivity contribution < 1.29 is 5.11 Å². The van der Waals surface area contributed by atoms with E-state index >= 15 is 0 Å². The molecule has 2 atom stereocenters. The lowest BCUT2D eigenvalue weighted by molar-refractivity contribution is 0.142. The lowest BCUT2D eigenvalue weighted by Crippen LogP contribution is -2.14. The number of aromatic nitrogens is 3. The Balaban J connectivity index is 1.62. The third-order valence-corrected chi connectivity index (χ3v) is 3.68. The molecule has 1 aromatic rings. The molecule has 0 radical (unpaired) electrons. The molecule has 2 fully saturated rings. The van der Waals surface area contributed by atoms with Gasteiger partial charge in [-0.2, -0.15) is 0 Å². The van der Waals surface area contributed by atoms with Gasteiger partial charge in [0.05, 0.1) is 11.8 Å². The molecule has 1 N–H and O–H groups in total. The van der Waals surface area contributed by atoms with E-state index in [0.717, 1.165) is 5.69 Å². The standard InChI is InChI=1S/C10H15N3O/c1-13-6-7(11-12-13)4-9(14)8-5-10(8)2-3-10/h6,8-9,14H,2-5H2,1H3. The number of aliphatic hydroxyl groups excluding tert-OH is 1. The van der Waals surface area contributed by atoms with Crippen molar-refractivity contribution in [1.82, 2.24) is 15.0 Å². The zero-order chi connectivity index (χ0) is 9.76. The summed E-state index contributed by atoms with van der Waals surface area (Å²) in [5.74, 6) is 0.546. The van der Waals surface area contributed by atoms with E-state index < -0.39 is 0 Å². The van der Waals surface area contributed by atoms with Crippen LogP contribution in [0, 0.1) is 11.3 Å². The van der Waals surface area contributed by atoms with Crippen LogP contribution in [0.5, 0.6) is 0 Å². The molecule has 3 rings (SSSR count). The number of nitrogens with zero attached hydrogens (tertiary/aromatic N) is 3. The van der Waals surface area contributed by atoms with E-state index in [1.165, 1.54) is 19.3 Å². The highest BCUT2D eigenvalue weighted by Crippen LogP contribution is 2.71. The van der Waals surface area contributed by atoms with E-state index in [0.29, 0.717) is 17.8 Å². The summed E-state index contributed by atoms with van der Waals surface area (Å²) in [4.78, 5) is 0. The maximum absolute atomic E-state index is 9.95. The van der Waals surface area contributed by atoms with Crippen LogP contribution in [0.1, 0.15) is 25.0 Å².